The van der Waals surface area contributed by atoms with Gasteiger partial charge in [-0.05, 0) is 31.0 Å². The summed E-state index contributed by atoms with van der Waals surface area (Å²) in [5.41, 5.74) is 3.13. The molecular weight excluding hydrogens is 454 g/mol. The first-order valence-electron chi connectivity index (χ1n) is 9.75. The number of carbonyl (C=O) groups is 1. The van der Waals surface area contributed by atoms with Crippen LogP contribution >= 0.6 is 22.9 Å². The van der Waals surface area contributed by atoms with Crippen molar-refractivity contribution in [1.82, 2.24) is 15.0 Å². The van der Waals surface area contributed by atoms with Crippen molar-refractivity contribution < 1.29 is 13.2 Å². The topological polar surface area (TPSA) is 88.2 Å². The molecule has 0 unspecified atom stereocenters. The first-order chi connectivity index (χ1) is 14.7. The van der Waals surface area contributed by atoms with Gasteiger partial charge >= 0.3 is 0 Å². The number of amides is 1. The summed E-state index contributed by atoms with van der Waals surface area (Å²) in [6, 6.07) is 14.5. The maximum atomic E-state index is 12.3. The second kappa shape index (κ2) is 10.4. The molecule has 3 rings (SSSR count). The molecule has 164 valence electrons. The highest BCUT2D eigenvalue weighted by Crippen LogP contribution is 2.30. The van der Waals surface area contributed by atoms with Crippen LogP contribution in [-0.4, -0.2) is 25.4 Å². The second-order valence-corrected chi connectivity index (χ2v) is 10.4. The van der Waals surface area contributed by atoms with Crippen LogP contribution < -0.4 is 10.0 Å². The van der Waals surface area contributed by atoms with Gasteiger partial charge < -0.3 is 5.32 Å². The average Bonchev–Trinajstić information content (AvgIpc) is 3.14. The molecule has 0 spiro atoms. The fraction of sp³-hybridized carbons (Fsp3) is 0.273. The Morgan fingerprint density at radius 1 is 1.10 bits per heavy atom. The van der Waals surface area contributed by atoms with E-state index in [1.807, 2.05) is 41.8 Å². The quantitative estimate of drug-likeness (QED) is 0.484. The zero-order valence-corrected chi connectivity index (χ0v) is 19.7. The number of hydrogen-bond acceptors (Lipinski definition) is 5. The van der Waals surface area contributed by atoms with E-state index >= 15 is 0 Å². The number of rotatable bonds is 9. The molecule has 1 aromatic heterocycles. The van der Waals surface area contributed by atoms with E-state index < -0.39 is 10.0 Å². The zero-order valence-electron chi connectivity index (χ0n) is 17.3. The fourth-order valence-corrected chi connectivity index (χ4v) is 5.52. The highest BCUT2D eigenvalue weighted by Gasteiger charge is 2.13. The minimum Gasteiger partial charge on any atom is -0.352 e. The van der Waals surface area contributed by atoms with Crippen molar-refractivity contribution in [2.75, 3.05) is 0 Å². The molecule has 0 aliphatic carbocycles. The van der Waals surface area contributed by atoms with Gasteiger partial charge in [-0.15, -0.1) is 11.3 Å². The standard InChI is InChI=1S/C22H24ClN3O3S2/c1-15(2)26-31(28,29)14-17-9-7-16(8-10-17)12-24-21(27)11-18-13-30-22(25-18)19-5-3-4-6-20(19)23/h3-10,13,15,26H,11-12,14H2,1-2H3,(H,24,27). The third-order valence-electron chi connectivity index (χ3n) is 4.28. The van der Waals surface area contributed by atoms with Crippen molar-refractivity contribution in [2.24, 2.45) is 0 Å². The summed E-state index contributed by atoms with van der Waals surface area (Å²) in [5, 5.41) is 6.14. The van der Waals surface area contributed by atoms with E-state index in [1.165, 1.54) is 11.3 Å². The lowest BCUT2D eigenvalue weighted by Crippen LogP contribution is -2.31. The van der Waals surface area contributed by atoms with E-state index in [0.29, 0.717) is 22.8 Å². The Kier molecular flexibility index (Phi) is 7.83. The Bertz CT molecular complexity index is 1140. The SMILES string of the molecule is CC(C)NS(=O)(=O)Cc1ccc(CNC(=O)Cc2csc(-c3ccccc3Cl)n2)cc1. The Morgan fingerprint density at radius 2 is 1.77 bits per heavy atom. The van der Waals surface area contributed by atoms with Crippen LogP contribution in [0.1, 0.15) is 30.7 Å². The highest BCUT2D eigenvalue weighted by atomic mass is 35.5. The van der Waals surface area contributed by atoms with Crippen molar-refractivity contribution >= 4 is 38.9 Å². The number of halogens is 1. The highest BCUT2D eigenvalue weighted by molar-refractivity contribution is 7.88. The maximum absolute atomic E-state index is 12.3. The van der Waals surface area contributed by atoms with Gasteiger partial charge in [0.25, 0.3) is 0 Å². The molecule has 0 saturated heterocycles. The first-order valence-corrected chi connectivity index (χ1v) is 12.7. The van der Waals surface area contributed by atoms with Crippen molar-refractivity contribution in [3.63, 3.8) is 0 Å². The Labute approximate surface area is 191 Å². The monoisotopic (exact) mass is 477 g/mol. The van der Waals surface area contributed by atoms with Gasteiger partial charge in [0.15, 0.2) is 0 Å². The molecule has 1 heterocycles. The van der Waals surface area contributed by atoms with Crippen LogP contribution in [0.2, 0.25) is 5.02 Å². The van der Waals surface area contributed by atoms with Crippen molar-refractivity contribution in [3.8, 4) is 10.6 Å². The molecule has 0 aliphatic heterocycles. The smallest absolute Gasteiger partial charge is 0.226 e. The molecule has 0 saturated carbocycles. The lowest BCUT2D eigenvalue weighted by molar-refractivity contribution is -0.120. The maximum Gasteiger partial charge on any atom is 0.226 e. The van der Waals surface area contributed by atoms with E-state index in [0.717, 1.165) is 16.1 Å². The lowest BCUT2D eigenvalue weighted by Gasteiger charge is -2.10. The first kappa shape index (κ1) is 23.4. The molecule has 2 N–H and O–H groups in total. The van der Waals surface area contributed by atoms with Crippen LogP contribution in [0.5, 0.6) is 0 Å². The van der Waals surface area contributed by atoms with Gasteiger partial charge in [-0.2, -0.15) is 0 Å². The van der Waals surface area contributed by atoms with E-state index in [1.54, 1.807) is 26.0 Å². The summed E-state index contributed by atoms with van der Waals surface area (Å²) in [4.78, 5) is 16.8. The van der Waals surface area contributed by atoms with Gasteiger partial charge in [-0.25, -0.2) is 18.1 Å². The van der Waals surface area contributed by atoms with Crippen LogP contribution in [-0.2, 0) is 33.5 Å². The Hall–Kier alpha value is -2.26. The van der Waals surface area contributed by atoms with E-state index in [2.05, 4.69) is 15.0 Å². The summed E-state index contributed by atoms with van der Waals surface area (Å²) < 4.78 is 26.6. The summed E-state index contributed by atoms with van der Waals surface area (Å²) in [6.07, 6.45) is 0.179. The largest absolute Gasteiger partial charge is 0.352 e. The minimum atomic E-state index is -3.36. The fourth-order valence-electron chi connectivity index (χ4n) is 2.95. The van der Waals surface area contributed by atoms with Gasteiger partial charge in [0.2, 0.25) is 15.9 Å². The molecular formula is C22H24ClN3O3S2. The number of nitrogens with one attached hydrogen (secondary N) is 2. The summed E-state index contributed by atoms with van der Waals surface area (Å²) in [7, 11) is -3.36. The van der Waals surface area contributed by atoms with Crippen LogP contribution in [0, 0.1) is 0 Å². The number of hydrogen-bond donors (Lipinski definition) is 2. The third-order valence-corrected chi connectivity index (χ3v) is 7.08. The molecule has 0 aliphatic rings. The molecule has 3 aromatic rings. The van der Waals surface area contributed by atoms with Crippen LogP contribution in [0.3, 0.4) is 0 Å². The van der Waals surface area contributed by atoms with Gasteiger partial charge in [0, 0.05) is 23.5 Å². The molecule has 0 fully saturated rings. The van der Waals surface area contributed by atoms with Crippen LogP contribution in [0.15, 0.2) is 53.9 Å². The average molecular weight is 478 g/mol. The van der Waals surface area contributed by atoms with E-state index in [4.69, 9.17) is 11.6 Å². The molecule has 6 nitrogen and oxygen atoms in total. The molecule has 0 radical (unpaired) electrons. The lowest BCUT2D eigenvalue weighted by atomic mass is 10.1. The molecule has 2 aromatic carbocycles. The Balaban J connectivity index is 1.52. The summed E-state index contributed by atoms with van der Waals surface area (Å²) in [6.45, 7) is 3.93. The number of thiazole rings is 1. The number of carbonyl (C=O) groups excluding carboxylic acids is 1. The number of aromatic nitrogens is 1. The predicted molar refractivity (Wildman–Crippen MR) is 125 cm³/mol. The molecule has 31 heavy (non-hydrogen) atoms. The molecule has 0 bridgehead atoms. The van der Waals surface area contributed by atoms with Gasteiger partial charge in [0.05, 0.1) is 22.9 Å². The number of nitrogens with zero attached hydrogens (tertiary/aromatic N) is 1. The minimum absolute atomic E-state index is 0.0740. The van der Waals surface area contributed by atoms with Crippen molar-refractivity contribution in [1.29, 1.82) is 0 Å². The molecule has 9 heteroatoms. The number of benzene rings is 2. The second-order valence-electron chi connectivity index (χ2n) is 7.43. The Morgan fingerprint density at radius 3 is 2.45 bits per heavy atom. The van der Waals surface area contributed by atoms with Gasteiger partial charge in [-0.1, -0.05) is 54.1 Å². The van der Waals surface area contributed by atoms with E-state index in [-0.39, 0.29) is 24.1 Å². The van der Waals surface area contributed by atoms with Crippen molar-refractivity contribution in [3.05, 3.63) is 75.8 Å². The van der Waals surface area contributed by atoms with E-state index in [9.17, 15) is 13.2 Å². The molecule has 0 atom stereocenters. The predicted octanol–water partition coefficient (Wildman–Crippen LogP) is 4.15. The van der Waals surface area contributed by atoms with Crippen LogP contribution in [0.4, 0.5) is 0 Å². The molecule has 1 amide bonds. The van der Waals surface area contributed by atoms with Crippen molar-refractivity contribution in [2.45, 2.75) is 38.6 Å². The normalized spacial score (nSPS) is 11.6. The number of sulfonamides is 1. The summed E-state index contributed by atoms with van der Waals surface area (Å²) >= 11 is 7.66. The zero-order chi connectivity index (χ0) is 22.4. The van der Waals surface area contributed by atoms with Crippen LogP contribution in [0.25, 0.3) is 10.6 Å². The van der Waals surface area contributed by atoms with Gasteiger partial charge in [0.1, 0.15) is 5.01 Å². The third kappa shape index (κ3) is 7.14. The summed E-state index contributed by atoms with van der Waals surface area (Å²) in [5.74, 6) is -0.209. The van der Waals surface area contributed by atoms with Gasteiger partial charge in [-0.3, -0.25) is 4.79 Å².